The van der Waals surface area contributed by atoms with Crippen molar-refractivity contribution in [3.8, 4) is 0 Å². The molecule has 5 nitrogen and oxygen atoms in total. The topological polar surface area (TPSA) is 70.7 Å². The van der Waals surface area contributed by atoms with Crippen LogP contribution in [0.2, 0.25) is 0 Å². The van der Waals surface area contributed by atoms with Gasteiger partial charge < -0.3 is 0 Å². The van der Waals surface area contributed by atoms with E-state index in [-0.39, 0.29) is 12.4 Å². The van der Waals surface area contributed by atoms with Crippen LogP contribution < -0.4 is 5.32 Å². The highest BCUT2D eigenvalue weighted by molar-refractivity contribution is 7.07. The van der Waals surface area contributed by atoms with Crippen LogP contribution in [0, 0.1) is 0 Å². The van der Waals surface area contributed by atoms with E-state index < -0.39 is 17.9 Å². The van der Waals surface area contributed by atoms with E-state index in [2.05, 4.69) is 15.4 Å². The lowest BCUT2D eigenvalue weighted by atomic mass is 10.2. The molecule has 0 atom stereocenters. The summed E-state index contributed by atoms with van der Waals surface area (Å²) in [5.41, 5.74) is 1.01. The number of rotatable bonds is 4. The lowest BCUT2D eigenvalue weighted by Crippen LogP contribution is -2.13. The van der Waals surface area contributed by atoms with Crippen molar-refractivity contribution in [3.63, 3.8) is 0 Å². The quantitative estimate of drug-likeness (QED) is 0.908. The molecule has 0 radical (unpaired) electrons. The molecule has 0 aliphatic heterocycles. The van der Waals surface area contributed by atoms with Gasteiger partial charge in [-0.05, 0) is 28.8 Å². The summed E-state index contributed by atoms with van der Waals surface area (Å²) in [4.78, 5) is 14.6. The zero-order valence-corrected chi connectivity index (χ0v) is 10.3. The molecule has 1 amide bonds. The van der Waals surface area contributed by atoms with E-state index in [1.54, 1.807) is 5.10 Å². The Kier molecular flexibility index (Phi) is 3.84. The van der Waals surface area contributed by atoms with E-state index in [1.165, 1.54) is 11.3 Å². The van der Waals surface area contributed by atoms with Crippen molar-refractivity contribution in [2.24, 2.45) is 0 Å². The number of aromatic amines is 1. The van der Waals surface area contributed by atoms with Crippen LogP contribution >= 0.6 is 11.3 Å². The first-order valence-corrected chi connectivity index (χ1v) is 6.20. The van der Waals surface area contributed by atoms with Crippen molar-refractivity contribution in [3.05, 3.63) is 28.2 Å². The number of hydrogen-bond acceptors (Lipinski definition) is 4. The maximum atomic E-state index is 12.2. The van der Waals surface area contributed by atoms with E-state index in [1.807, 2.05) is 16.8 Å². The number of aryl methyl sites for hydroxylation is 1. The SMILES string of the molecule is O=C(CCc1ccsc1)Nc1n[nH]c(C(F)(F)F)n1. The van der Waals surface area contributed by atoms with Crippen LogP contribution in [-0.4, -0.2) is 21.1 Å². The first-order valence-electron chi connectivity index (χ1n) is 5.25. The highest BCUT2D eigenvalue weighted by atomic mass is 32.1. The maximum absolute atomic E-state index is 12.2. The Balaban J connectivity index is 1.87. The Hall–Kier alpha value is -1.90. The van der Waals surface area contributed by atoms with Crippen LogP contribution in [0.4, 0.5) is 19.1 Å². The van der Waals surface area contributed by atoms with Gasteiger partial charge in [0, 0.05) is 6.42 Å². The monoisotopic (exact) mass is 290 g/mol. The molecule has 0 unspecified atom stereocenters. The van der Waals surface area contributed by atoms with Gasteiger partial charge in [0.1, 0.15) is 0 Å². The second kappa shape index (κ2) is 5.39. The van der Waals surface area contributed by atoms with Crippen LogP contribution in [0.15, 0.2) is 16.8 Å². The molecule has 0 spiro atoms. The van der Waals surface area contributed by atoms with E-state index in [0.717, 1.165) is 5.56 Å². The van der Waals surface area contributed by atoms with Gasteiger partial charge in [-0.25, -0.2) is 0 Å². The Labute approximate surface area is 109 Å². The minimum Gasteiger partial charge on any atom is -0.293 e. The molecule has 0 aliphatic carbocycles. The highest BCUT2D eigenvalue weighted by Gasteiger charge is 2.35. The van der Waals surface area contributed by atoms with Crippen molar-refractivity contribution < 1.29 is 18.0 Å². The van der Waals surface area contributed by atoms with E-state index >= 15 is 0 Å². The van der Waals surface area contributed by atoms with E-state index in [9.17, 15) is 18.0 Å². The van der Waals surface area contributed by atoms with Crippen molar-refractivity contribution in [1.29, 1.82) is 0 Å². The van der Waals surface area contributed by atoms with E-state index in [4.69, 9.17) is 0 Å². The molecule has 0 saturated carbocycles. The molecular formula is C10H9F3N4OS. The summed E-state index contributed by atoms with van der Waals surface area (Å²) in [5.74, 6) is -2.04. The Bertz CT molecular complexity index is 549. The summed E-state index contributed by atoms with van der Waals surface area (Å²) in [6.07, 6.45) is -3.93. The number of nitrogens with zero attached hydrogens (tertiary/aromatic N) is 2. The van der Waals surface area contributed by atoms with Crippen molar-refractivity contribution in [2.45, 2.75) is 19.0 Å². The Morgan fingerprint density at radius 3 is 2.84 bits per heavy atom. The zero-order chi connectivity index (χ0) is 13.9. The third kappa shape index (κ3) is 3.78. The van der Waals surface area contributed by atoms with Crippen LogP contribution in [0.5, 0.6) is 0 Å². The number of thiophene rings is 1. The van der Waals surface area contributed by atoms with Crippen LogP contribution in [0.1, 0.15) is 17.8 Å². The number of H-pyrrole nitrogens is 1. The molecule has 0 saturated heterocycles. The molecule has 0 bridgehead atoms. The lowest BCUT2D eigenvalue weighted by Gasteiger charge is -2.00. The number of halogens is 3. The van der Waals surface area contributed by atoms with E-state index in [0.29, 0.717) is 6.42 Å². The minimum atomic E-state index is -4.60. The molecule has 0 fully saturated rings. The number of alkyl halides is 3. The summed E-state index contributed by atoms with van der Waals surface area (Å²) in [6, 6.07) is 1.88. The average molecular weight is 290 g/mol. The number of hydrogen-bond donors (Lipinski definition) is 2. The fraction of sp³-hybridized carbons (Fsp3) is 0.300. The standard InChI is InChI=1S/C10H9F3N4OS/c11-10(12,13)8-15-9(17-16-8)14-7(18)2-1-6-3-4-19-5-6/h3-5H,1-2H2,(H2,14,15,16,17,18). The number of carbonyl (C=O) groups is 1. The van der Waals surface area contributed by atoms with Gasteiger partial charge in [0.25, 0.3) is 0 Å². The normalized spacial score (nSPS) is 11.5. The number of aromatic nitrogens is 3. The molecule has 0 aliphatic rings. The fourth-order valence-corrected chi connectivity index (χ4v) is 2.03. The van der Waals surface area contributed by atoms with Gasteiger partial charge >= 0.3 is 6.18 Å². The molecule has 102 valence electrons. The highest BCUT2D eigenvalue weighted by Crippen LogP contribution is 2.26. The van der Waals surface area contributed by atoms with Gasteiger partial charge in [-0.15, -0.1) is 5.10 Å². The Morgan fingerprint density at radius 2 is 2.26 bits per heavy atom. The minimum absolute atomic E-state index is 0.159. The van der Waals surface area contributed by atoms with Crippen molar-refractivity contribution in [1.82, 2.24) is 15.2 Å². The second-order valence-electron chi connectivity index (χ2n) is 3.69. The molecule has 0 aromatic carbocycles. The number of amides is 1. The van der Waals surface area contributed by atoms with Gasteiger partial charge in [-0.2, -0.15) is 29.5 Å². The van der Waals surface area contributed by atoms with Gasteiger partial charge in [0.05, 0.1) is 0 Å². The van der Waals surface area contributed by atoms with Gasteiger partial charge in [0.15, 0.2) is 0 Å². The number of nitrogens with one attached hydrogen (secondary N) is 2. The van der Waals surface area contributed by atoms with Gasteiger partial charge in [-0.3, -0.25) is 15.2 Å². The number of anilines is 1. The van der Waals surface area contributed by atoms with Crippen LogP contribution in [0.3, 0.4) is 0 Å². The molecular weight excluding hydrogens is 281 g/mol. The second-order valence-corrected chi connectivity index (χ2v) is 4.47. The first kappa shape index (κ1) is 13.5. The summed E-state index contributed by atoms with van der Waals surface area (Å²) in [6.45, 7) is 0. The van der Waals surface area contributed by atoms with Crippen LogP contribution in [0.25, 0.3) is 0 Å². The summed E-state index contributed by atoms with van der Waals surface area (Å²) >= 11 is 1.51. The third-order valence-electron chi connectivity index (χ3n) is 2.23. The summed E-state index contributed by atoms with van der Waals surface area (Å²) < 4.78 is 36.7. The summed E-state index contributed by atoms with van der Waals surface area (Å²) in [7, 11) is 0. The molecule has 19 heavy (non-hydrogen) atoms. The maximum Gasteiger partial charge on any atom is 0.451 e. The predicted molar refractivity (Wildman–Crippen MR) is 62.7 cm³/mol. The molecule has 2 aromatic heterocycles. The van der Waals surface area contributed by atoms with Crippen LogP contribution in [-0.2, 0) is 17.4 Å². The molecule has 2 aromatic rings. The largest absolute Gasteiger partial charge is 0.451 e. The summed E-state index contributed by atoms with van der Waals surface area (Å²) in [5, 5.41) is 11.0. The third-order valence-corrected chi connectivity index (χ3v) is 2.96. The first-order chi connectivity index (χ1) is 8.95. The van der Waals surface area contributed by atoms with Crippen molar-refractivity contribution >= 4 is 23.2 Å². The average Bonchev–Trinajstić information content (AvgIpc) is 2.95. The number of carbonyl (C=O) groups excluding carboxylic acids is 1. The smallest absolute Gasteiger partial charge is 0.293 e. The van der Waals surface area contributed by atoms with Gasteiger partial charge in [-0.1, -0.05) is 0 Å². The lowest BCUT2D eigenvalue weighted by molar-refractivity contribution is -0.144. The zero-order valence-electron chi connectivity index (χ0n) is 9.49. The molecule has 9 heteroatoms. The predicted octanol–water partition coefficient (Wildman–Crippen LogP) is 2.46. The van der Waals surface area contributed by atoms with Crippen molar-refractivity contribution in [2.75, 3.05) is 5.32 Å². The molecule has 2 rings (SSSR count). The Morgan fingerprint density at radius 1 is 1.47 bits per heavy atom. The molecule has 2 N–H and O–H groups in total. The molecule has 2 heterocycles. The fourth-order valence-electron chi connectivity index (χ4n) is 1.32. The van der Waals surface area contributed by atoms with Gasteiger partial charge in [0.2, 0.25) is 17.7 Å².